The second-order valence-corrected chi connectivity index (χ2v) is 8.34. The van der Waals surface area contributed by atoms with Gasteiger partial charge in [0.05, 0.1) is 18.8 Å². The van der Waals surface area contributed by atoms with Crippen molar-refractivity contribution in [2.75, 3.05) is 32.5 Å². The molecule has 0 bridgehead atoms. The van der Waals surface area contributed by atoms with Crippen molar-refractivity contribution in [1.82, 2.24) is 4.90 Å². The molecule has 6 nitrogen and oxygen atoms in total. The molecule has 1 heterocycles. The van der Waals surface area contributed by atoms with Crippen LogP contribution in [0.1, 0.15) is 46.9 Å². The molecule has 0 spiro atoms. The van der Waals surface area contributed by atoms with Crippen LogP contribution >= 0.6 is 11.6 Å². The van der Waals surface area contributed by atoms with Gasteiger partial charge in [-0.25, -0.2) is 0 Å². The normalized spacial score (nSPS) is 16.4. The molecule has 0 aromatic heterocycles. The molecular weight excluding hydrogens is 402 g/mol. The predicted molar refractivity (Wildman–Crippen MR) is 120 cm³/mol. The number of amides is 1. The van der Waals surface area contributed by atoms with Gasteiger partial charge in [0.25, 0.3) is 5.91 Å². The van der Waals surface area contributed by atoms with Crippen LogP contribution in [-0.2, 0) is 6.42 Å². The number of ether oxygens (including phenoxy) is 1. The Labute approximate surface area is 182 Å². The zero-order chi connectivity index (χ0) is 21.7. The van der Waals surface area contributed by atoms with Gasteiger partial charge in [-0.3, -0.25) is 4.79 Å². The van der Waals surface area contributed by atoms with E-state index in [4.69, 9.17) is 27.8 Å². The number of likely N-dealkylation sites (tertiary alicyclic amines) is 1. The molecule has 1 saturated heterocycles. The quantitative estimate of drug-likeness (QED) is 0.556. The second kappa shape index (κ2) is 10.2. The third-order valence-electron chi connectivity index (χ3n) is 5.93. The van der Waals surface area contributed by atoms with Crippen LogP contribution in [0.4, 0.5) is 5.69 Å². The summed E-state index contributed by atoms with van der Waals surface area (Å²) in [5.74, 6) is 0.441. The minimum Gasteiger partial charge on any atom is -0.496 e. The Balaban J connectivity index is 1.51. The second-order valence-electron chi connectivity index (χ2n) is 7.93. The highest BCUT2D eigenvalue weighted by molar-refractivity contribution is 6.31. The van der Waals surface area contributed by atoms with Crippen molar-refractivity contribution in [1.29, 1.82) is 0 Å². The number of aliphatic hydroxyl groups is 1. The molecule has 30 heavy (non-hydrogen) atoms. The summed E-state index contributed by atoms with van der Waals surface area (Å²) in [6, 6.07) is 10.9. The zero-order valence-corrected chi connectivity index (χ0v) is 18.1. The summed E-state index contributed by atoms with van der Waals surface area (Å²) in [4.78, 5) is 13.9. The fourth-order valence-corrected chi connectivity index (χ4v) is 4.37. The number of nitrogen functional groups attached to an aromatic ring is 1. The van der Waals surface area contributed by atoms with Crippen molar-refractivity contribution in [2.45, 2.75) is 31.8 Å². The van der Waals surface area contributed by atoms with Crippen LogP contribution in [0.2, 0.25) is 5.02 Å². The highest BCUT2D eigenvalue weighted by Gasteiger charge is 2.22. The maximum atomic E-state index is 11.5. The van der Waals surface area contributed by atoms with Crippen LogP contribution < -0.4 is 16.2 Å². The molecule has 1 aliphatic rings. The van der Waals surface area contributed by atoms with Crippen molar-refractivity contribution >= 4 is 23.2 Å². The fraction of sp³-hybridized carbons (Fsp3) is 0.435. The number of aliphatic hydroxyl groups excluding tert-OH is 1. The summed E-state index contributed by atoms with van der Waals surface area (Å²) >= 11 is 6.18. The van der Waals surface area contributed by atoms with Crippen LogP contribution in [0.25, 0.3) is 0 Å². The number of anilines is 1. The van der Waals surface area contributed by atoms with E-state index < -0.39 is 12.0 Å². The first-order valence-electron chi connectivity index (χ1n) is 10.3. The van der Waals surface area contributed by atoms with Gasteiger partial charge in [-0.05, 0) is 74.0 Å². The zero-order valence-electron chi connectivity index (χ0n) is 17.3. The minimum atomic E-state index is -0.549. The first-order valence-corrected chi connectivity index (χ1v) is 10.7. The van der Waals surface area contributed by atoms with Crippen LogP contribution in [0, 0.1) is 5.92 Å². The third kappa shape index (κ3) is 5.45. The number of methoxy groups -OCH3 is 1. The minimum absolute atomic E-state index is 0.311. The number of halogens is 1. The topological polar surface area (TPSA) is 102 Å². The highest BCUT2D eigenvalue weighted by atomic mass is 35.5. The number of hydrogen-bond donors (Lipinski definition) is 3. The molecule has 1 amide bonds. The Hall–Kier alpha value is -2.28. The van der Waals surface area contributed by atoms with Gasteiger partial charge < -0.3 is 26.2 Å². The number of carbonyl (C=O) groups excluding carboxylic acids is 1. The number of nitrogens with two attached hydrogens (primary N) is 2. The van der Waals surface area contributed by atoms with E-state index in [1.165, 1.54) is 7.11 Å². The molecule has 1 unspecified atom stereocenters. The molecule has 3 rings (SSSR count). The summed E-state index contributed by atoms with van der Waals surface area (Å²) in [6.07, 6.45) is 3.07. The highest BCUT2D eigenvalue weighted by Crippen LogP contribution is 2.30. The smallest absolute Gasteiger partial charge is 0.252 e. The van der Waals surface area contributed by atoms with E-state index in [0.717, 1.165) is 50.0 Å². The number of primary amides is 1. The Morgan fingerprint density at radius 3 is 2.63 bits per heavy atom. The Bertz CT molecular complexity index is 882. The summed E-state index contributed by atoms with van der Waals surface area (Å²) < 4.78 is 5.31. The first kappa shape index (κ1) is 22.4. The lowest BCUT2D eigenvalue weighted by Crippen LogP contribution is -2.35. The van der Waals surface area contributed by atoms with Gasteiger partial charge in [0.2, 0.25) is 0 Å². The molecule has 0 aliphatic carbocycles. The molecule has 2 aromatic carbocycles. The van der Waals surface area contributed by atoms with Crippen LogP contribution in [-0.4, -0.2) is 42.7 Å². The molecule has 0 saturated carbocycles. The van der Waals surface area contributed by atoms with Gasteiger partial charge in [-0.1, -0.05) is 29.8 Å². The Morgan fingerprint density at radius 2 is 2.00 bits per heavy atom. The van der Waals surface area contributed by atoms with E-state index in [1.807, 2.05) is 30.3 Å². The first-order chi connectivity index (χ1) is 14.4. The lowest BCUT2D eigenvalue weighted by Gasteiger charge is -2.32. The Morgan fingerprint density at radius 1 is 1.30 bits per heavy atom. The molecule has 0 radical (unpaired) electrons. The number of carbonyl (C=O) groups is 1. The van der Waals surface area contributed by atoms with E-state index >= 15 is 0 Å². The number of benzene rings is 2. The maximum absolute atomic E-state index is 11.5. The van der Waals surface area contributed by atoms with E-state index in [2.05, 4.69) is 4.90 Å². The standard InChI is InChI=1S/C23H30ClN3O3/c1-30-22-13-16(20(25)14-18(22)23(26)29)12-15-6-9-27(10-7-15)11-8-21(28)17-4-2-3-5-19(17)24/h2-5,13-15,21,28H,6-12,25H2,1H3,(H2,26,29). The summed E-state index contributed by atoms with van der Waals surface area (Å²) in [5.41, 5.74) is 14.2. The van der Waals surface area contributed by atoms with Gasteiger partial charge in [0.1, 0.15) is 5.75 Å². The lowest BCUT2D eigenvalue weighted by atomic mass is 9.89. The van der Waals surface area contributed by atoms with Gasteiger partial charge in [0.15, 0.2) is 0 Å². The molecule has 5 N–H and O–H groups in total. The molecule has 1 atom stereocenters. The fourth-order valence-electron chi connectivity index (χ4n) is 4.11. The summed E-state index contributed by atoms with van der Waals surface area (Å²) in [7, 11) is 1.53. The largest absolute Gasteiger partial charge is 0.496 e. The lowest BCUT2D eigenvalue weighted by molar-refractivity contribution is 0.0997. The number of nitrogens with zero attached hydrogens (tertiary/aromatic N) is 1. The maximum Gasteiger partial charge on any atom is 0.252 e. The molecule has 1 fully saturated rings. The average molecular weight is 432 g/mol. The van der Waals surface area contributed by atoms with Crippen LogP contribution in [0.15, 0.2) is 36.4 Å². The van der Waals surface area contributed by atoms with E-state index in [-0.39, 0.29) is 0 Å². The summed E-state index contributed by atoms with van der Waals surface area (Å²) in [6.45, 7) is 2.80. The van der Waals surface area contributed by atoms with Crippen molar-refractivity contribution in [2.24, 2.45) is 11.7 Å². The molecule has 1 aliphatic heterocycles. The third-order valence-corrected chi connectivity index (χ3v) is 6.27. The Kier molecular flexibility index (Phi) is 7.58. The van der Waals surface area contributed by atoms with Crippen LogP contribution in [0.3, 0.4) is 0 Å². The molecule has 7 heteroatoms. The summed E-state index contributed by atoms with van der Waals surface area (Å²) in [5, 5.41) is 11.1. The van der Waals surface area contributed by atoms with E-state index in [9.17, 15) is 9.90 Å². The van der Waals surface area contributed by atoms with Crippen LogP contribution in [0.5, 0.6) is 5.75 Å². The monoisotopic (exact) mass is 431 g/mol. The predicted octanol–water partition coefficient (Wildman–Crippen LogP) is 3.41. The van der Waals surface area contributed by atoms with Crippen molar-refractivity contribution in [3.05, 3.63) is 58.1 Å². The molecule has 2 aromatic rings. The number of piperidine rings is 1. The van der Waals surface area contributed by atoms with E-state index in [0.29, 0.717) is 34.4 Å². The van der Waals surface area contributed by atoms with Gasteiger partial charge in [-0.2, -0.15) is 0 Å². The SMILES string of the molecule is COc1cc(CC2CCN(CCC(O)c3ccccc3Cl)CC2)c(N)cc1C(N)=O. The van der Waals surface area contributed by atoms with Gasteiger partial charge in [0, 0.05) is 17.3 Å². The van der Waals surface area contributed by atoms with E-state index in [1.54, 1.807) is 6.07 Å². The van der Waals surface area contributed by atoms with Crippen molar-refractivity contribution < 1.29 is 14.6 Å². The molecule has 162 valence electrons. The number of hydrogen-bond acceptors (Lipinski definition) is 5. The van der Waals surface area contributed by atoms with Crippen molar-refractivity contribution in [3.63, 3.8) is 0 Å². The van der Waals surface area contributed by atoms with Gasteiger partial charge in [-0.15, -0.1) is 0 Å². The molecular formula is C23H30ClN3O3. The average Bonchev–Trinajstić information content (AvgIpc) is 2.74. The number of rotatable bonds is 8. The van der Waals surface area contributed by atoms with Gasteiger partial charge >= 0.3 is 0 Å². The van der Waals surface area contributed by atoms with Crippen molar-refractivity contribution in [3.8, 4) is 5.75 Å².